The minimum Gasteiger partial charge on any atom is -0.354 e. The second kappa shape index (κ2) is 3.79. The van der Waals surface area contributed by atoms with E-state index in [2.05, 4.69) is 15.2 Å². The van der Waals surface area contributed by atoms with Crippen LogP contribution in [0.25, 0.3) is 0 Å². The van der Waals surface area contributed by atoms with Crippen LogP contribution in [0.15, 0.2) is 12.5 Å². The molecule has 0 aromatic carbocycles. The van der Waals surface area contributed by atoms with E-state index in [4.69, 9.17) is 0 Å². The average Bonchev–Trinajstić information content (AvgIpc) is 2.52. The van der Waals surface area contributed by atoms with Gasteiger partial charge in [-0.15, -0.1) is 0 Å². The molecule has 0 saturated carbocycles. The Morgan fingerprint density at radius 2 is 2.50 bits per heavy atom. The van der Waals surface area contributed by atoms with Gasteiger partial charge in [-0.25, -0.2) is 4.98 Å². The maximum atomic E-state index is 11.1. The fourth-order valence-electron chi connectivity index (χ4n) is 1.59. The van der Waals surface area contributed by atoms with Crippen LogP contribution in [0.3, 0.4) is 0 Å². The topological polar surface area (TPSA) is 50.2 Å². The molecule has 1 fully saturated rings. The third-order valence-electron chi connectivity index (χ3n) is 2.42. The van der Waals surface area contributed by atoms with E-state index < -0.39 is 0 Å². The lowest BCUT2D eigenvalue weighted by molar-refractivity contribution is -0.124. The van der Waals surface area contributed by atoms with Gasteiger partial charge >= 0.3 is 0 Å². The summed E-state index contributed by atoms with van der Waals surface area (Å²) in [6.07, 6.45) is 3.62. The van der Waals surface area contributed by atoms with Crippen molar-refractivity contribution in [1.29, 1.82) is 0 Å². The molecule has 0 spiro atoms. The van der Waals surface area contributed by atoms with Crippen LogP contribution >= 0.6 is 0 Å². The van der Waals surface area contributed by atoms with Crippen molar-refractivity contribution in [3.05, 3.63) is 18.2 Å². The molecular weight excluding hydrogens is 180 g/mol. The lowest BCUT2D eigenvalue weighted by Crippen LogP contribution is -2.47. The summed E-state index contributed by atoms with van der Waals surface area (Å²) in [6.45, 7) is 2.95. The van der Waals surface area contributed by atoms with E-state index in [1.165, 1.54) is 0 Å². The molecule has 0 bridgehead atoms. The summed E-state index contributed by atoms with van der Waals surface area (Å²) in [5.74, 6) is 0.110. The van der Waals surface area contributed by atoms with E-state index in [0.29, 0.717) is 6.54 Å². The number of hydrogen-bond acceptors (Lipinski definition) is 3. The van der Waals surface area contributed by atoms with Gasteiger partial charge in [-0.2, -0.15) is 0 Å². The van der Waals surface area contributed by atoms with E-state index in [-0.39, 0.29) is 5.91 Å². The molecule has 0 unspecified atom stereocenters. The fraction of sp³-hybridized carbons (Fsp3) is 0.556. The maximum absolute atomic E-state index is 11.1. The Labute approximate surface area is 82.7 Å². The van der Waals surface area contributed by atoms with Crippen molar-refractivity contribution in [2.45, 2.75) is 6.54 Å². The number of rotatable bonds is 2. The number of aryl methyl sites for hydroxylation is 1. The van der Waals surface area contributed by atoms with Crippen LogP contribution in [0, 0.1) is 0 Å². The summed E-state index contributed by atoms with van der Waals surface area (Å²) in [7, 11) is 1.96. The summed E-state index contributed by atoms with van der Waals surface area (Å²) in [5.41, 5.74) is 1.14. The first-order valence-electron chi connectivity index (χ1n) is 4.70. The van der Waals surface area contributed by atoms with E-state index in [1.54, 1.807) is 6.33 Å². The lowest BCUT2D eigenvalue weighted by Gasteiger charge is -2.26. The molecule has 14 heavy (non-hydrogen) atoms. The number of hydrogen-bond donors (Lipinski definition) is 1. The van der Waals surface area contributed by atoms with Crippen LogP contribution in [0.4, 0.5) is 0 Å². The SMILES string of the molecule is Cn1cncc1CN1CCNC(=O)C1. The van der Waals surface area contributed by atoms with Crippen LogP contribution in [0.1, 0.15) is 5.69 Å². The molecule has 5 nitrogen and oxygen atoms in total. The molecule has 2 rings (SSSR count). The minimum absolute atomic E-state index is 0.110. The summed E-state index contributed by atoms with van der Waals surface area (Å²) in [4.78, 5) is 17.3. The second-order valence-corrected chi connectivity index (χ2v) is 3.56. The lowest BCUT2D eigenvalue weighted by atomic mass is 10.3. The van der Waals surface area contributed by atoms with Crippen molar-refractivity contribution in [1.82, 2.24) is 19.8 Å². The van der Waals surface area contributed by atoms with Crippen molar-refractivity contribution in [3.63, 3.8) is 0 Å². The Morgan fingerprint density at radius 3 is 3.14 bits per heavy atom. The molecule has 1 aromatic heterocycles. The number of piperazine rings is 1. The number of nitrogens with one attached hydrogen (secondary N) is 1. The molecular formula is C9H14N4O. The van der Waals surface area contributed by atoms with Crippen molar-refractivity contribution < 1.29 is 4.79 Å². The third kappa shape index (κ3) is 1.93. The first-order valence-corrected chi connectivity index (χ1v) is 4.70. The third-order valence-corrected chi connectivity index (χ3v) is 2.42. The average molecular weight is 194 g/mol. The van der Waals surface area contributed by atoms with Gasteiger partial charge < -0.3 is 9.88 Å². The summed E-state index contributed by atoms with van der Waals surface area (Å²) in [5, 5.41) is 2.80. The number of carbonyl (C=O) groups is 1. The van der Waals surface area contributed by atoms with Crippen LogP contribution in [0.5, 0.6) is 0 Å². The quantitative estimate of drug-likeness (QED) is 0.680. The molecule has 1 N–H and O–H groups in total. The number of imidazole rings is 1. The van der Waals surface area contributed by atoms with Gasteiger partial charge in [0.1, 0.15) is 0 Å². The van der Waals surface area contributed by atoms with Crippen molar-refractivity contribution in [3.8, 4) is 0 Å². The molecule has 0 radical (unpaired) electrons. The summed E-state index contributed by atoms with van der Waals surface area (Å²) >= 11 is 0. The first kappa shape index (κ1) is 9.21. The van der Waals surface area contributed by atoms with Gasteiger partial charge in [0, 0.05) is 32.9 Å². The van der Waals surface area contributed by atoms with Crippen LogP contribution in [-0.4, -0.2) is 40.0 Å². The van der Waals surface area contributed by atoms with Crippen molar-refractivity contribution in [2.24, 2.45) is 7.05 Å². The highest BCUT2D eigenvalue weighted by Gasteiger charge is 2.16. The van der Waals surface area contributed by atoms with E-state index >= 15 is 0 Å². The van der Waals surface area contributed by atoms with Crippen molar-refractivity contribution >= 4 is 5.91 Å². The van der Waals surface area contributed by atoms with Gasteiger partial charge in [0.25, 0.3) is 0 Å². The largest absolute Gasteiger partial charge is 0.354 e. The highest BCUT2D eigenvalue weighted by atomic mass is 16.2. The molecule has 2 heterocycles. The van der Waals surface area contributed by atoms with Gasteiger partial charge in [0.05, 0.1) is 18.6 Å². The summed E-state index contributed by atoms with van der Waals surface area (Å²) in [6, 6.07) is 0. The van der Waals surface area contributed by atoms with Crippen LogP contribution < -0.4 is 5.32 Å². The Kier molecular flexibility index (Phi) is 2.49. The first-order chi connectivity index (χ1) is 6.75. The normalized spacial score (nSPS) is 18.2. The number of nitrogens with zero attached hydrogens (tertiary/aromatic N) is 3. The molecule has 0 atom stereocenters. The molecule has 5 heteroatoms. The minimum atomic E-state index is 0.110. The molecule has 0 aliphatic carbocycles. The second-order valence-electron chi connectivity index (χ2n) is 3.56. The Morgan fingerprint density at radius 1 is 1.64 bits per heavy atom. The number of amides is 1. The molecule has 1 amide bonds. The maximum Gasteiger partial charge on any atom is 0.234 e. The molecule has 1 aliphatic heterocycles. The highest BCUT2D eigenvalue weighted by Crippen LogP contribution is 2.03. The van der Waals surface area contributed by atoms with Gasteiger partial charge in [-0.1, -0.05) is 0 Å². The van der Waals surface area contributed by atoms with Gasteiger partial charge in [-0.05, 0) is 0 Å². The summed E-state index contributed by atoms with van der Waals surface area (Å²) < 4.78 is 1.98. The Balaban J connectivity index is 1.97. The van der Waals surface area contributed by atoms with Crippen LogP contribution in [-0.2, 0) is 18.4 Å². The monoisotopic (exact) mass is 194 g/mol. The zero-order valence-corrected chi connectivity index (χ0v) is 8.23. The predicted molar refractivity (Wildman–Crippen MR) is 51.5 cm³/mol. The Hall–Kier alpha value is -1.36. The molecule has 1 aliphatic rings. The van der Waals surface area contributed by atoms with Gasteiger partial charge in [-0.3, -0.25) is 9.69 Å². The number of aromatic nitrogens is 2. The van der Waals surface area contributed by atoms with Crippen LogP contribution in [0.2, 0.25) is 0 Å². The predicted octanol–water partition coefficient (Wildman–Crippen LogP) is -0.648. The molecule has 76 valence electrons. The van der Waals surface area contributed by atoms with E-state index in [9.17, 15) is 4.79 Å². The van der Waals surface area contributed by atoms with E-state index in [0.717, 1.165) is 25.3 Å². The van der Waals surface area contributed by atoms with Gasteiger partial charge in [0.2, 0.25) is 5.91 Å². The van der Waals surface area contributed by atoms with Crippen molar-refractivity contribution in [2.75, 3.05) is 19.6 Å². The zero-order valence-electron chi connectivity index (χ0n) is 8.23. The molecule has 1 saturated heterocycles. The standard InChI is InChI=1S/C9H14N4O/c1-12-7-10-4-8(12)5-13-3-2-11-9(14)6-13/h4,7H,2-3,5-6H2,1H3,(H,11,14). The fourth-order valence-corrected chi connectivity index (χ4v) is 1.59. The number of carbonyl (C=O) groups excluding carboxylic acids is 1. The Bertz CT molecular complexity index is 333. The van der Waals surface area contributed by atoms with E-state index in [1.807, 2.05) is 17.8 Å². The zero-order chi connectivity index (χ0) is 9.97. The molecule has 1 aromatic rings. The smallest absolute Gasteiger partial charge is 0.234 e. The highest BCUT2D eigenvalue weighted by molar-refractivity contribution is 5.78. The van der Waals surface area contributed by atoms with Gasteiger partial charge in [0.15, 0.2) is 0 Å².